The largest absolute Gasteiger partial charge is 0.365 e. The molecule has 2 nitrogen and oxygen atoms in total. The molecule has 0 radical (unpaired) electrons. The fourth-order valence-corrected chi connectivity index (χ4v) is 0.853. The number of aromatic amines is 1. The van der Waals surface area contributed by atoms with E-state index in [1.165, 1.54) is 0 Å². The summed E-state index contributed by atoms with van der Waals surface area (Å²) in [5, 5.41) is 0. The van der Waals surface area contributed by atoms with Crippen LogP contribution in [-0.2, 0) is 0 Å². The van der Waals surface area contributed by atoms with Gasteiger partial charge in [-0.1, -0.05) is 13.8 Å². The lowest BCUT2D eigenvalue weighted by atomic mass is 10.3. The SMILES string of the molecule is CC.Cc1cnccc[nH]c(C)c1. The second-order valence-corrected chi connectivity index (χ2v) is 2.50. The van der Waals surface area contributed by atoms with E-state index in [4.69, 9.17) is 0 Å². The van der Waals surface area contributed by atoms with Crippen LogP contribution in [0.3, 0.4) is 0 Å². The molecule has 0 bridgehead atoms. The molecule has 0 atom stereocenters. The molecule has 2 heteroatoms. The van der Waals surface area contributed by atoms with Crippen molar-refractivity contribution < 1.29 is 0 Å². The molecular weight excluding hydrogens is 160 g/mol. The maximum Gasteiger partial charge on any atom is 0.0297 e. The second kappa shape index (κ2) is 7.35. The Balaban J connectivity index is 0.000000671. The minimum absolute atomic E-state index is 1.13. The van der Waals surface area contributed by atoms with Gasteiger partial charge in [-0.15, -0.1) is 0 Å². The summed E-state index contributed by atoms with van der Waals surface area (Å²) in [4.78, 5) is 7.15. The fourth-order valence-electron chi connectivity index (χ4n) is 0.853. The Labute approximate surface area is 80.4 Å². The highest BCUT2D eigenvalue weighted by Gasteiger charge is 1.78. The minimum atomic E-state index is 1.13. The van der Waals surface area contributed by atoms with E-state index in [0.717, 1.165) is 11.3 Å². The third-order valence-electron chi connectivity index (χ3n) is 1.30. The summed E-state index contributed by atoms with van der Waals surface area (Å²) in [6.45, 7) is 8.04. The highest BCUT2D eigenvalue weighted by Crippen LogP contribution is 1.92. The molecule has 1 N–H and O–H groups in total. The molecule has 0 aliphatic rings. The maximum absolute atomic E-state index is 4.05. The quantitative estimate of drug-likeness (QED) is 0.649. The molecule has 0 amide bonds. The summed E-state index contributed by atoms with van der Waals surface area (Å²) in [5.74, 6) is 0. The average Bonchev–Trinajstić information content (AvgIpc) is 2.21. The molecule has 0 saturated carbocycles. The van der Waals surface area contributed by atoms with Crippen molar-refractivity contribution in [2.45, 2.75) is 27.7 Å². The minimum Gasteiger partial charge on any atom is -0.365 e. The number of rotatable bonds is 0. The van der Waals surface area contributed by atoms with Crippen LogP contribution in [0.25, 0.3) is 0 Å². The topological polar surface area (TPSA) is 28.7 Å². The molecule has 1 rings (SSSR count). The normalized spacial score (nSPS) is 8.00. The number of hydrogen-bond acceptors (Lipinski definition) is 1. The molecule has 0 saturated heterocycles. The molecule has 0 fully saturated rings. The summed E-state index contributed by atoms with van der Waals surface area (Å²) < 4.78 is 0. The summed E-state index contributed by atoms with van der Waals surface area (Å²) in [6, 6.07) is 3.92. The van der Waals surface area contributed by atoms with Crippen molar-refractivity contribution >= 4 is 0 Å². The van der Waals surface area contributed by atoms with Crippen LogP contribution in [0.5, 0.6) is 0 Å². The van der Waals surface area contributed by atoms with Gasteiger partial charge in [0.15, 0.2) is 0 Å². The van der Waals surface area contributed by atoms with E-state index >= 15 is 0 Å². The number of hydrogen-bond donors (Lipinski definition) is 1. The standard InChI is InChI=1S/C9H12N2.C2H6/c1-8-6-9(2)11-5-3-4-10-7-8;1-2/h3-7,11H,1-2H3;1-2H3. The summed E-state index contributed by atoms with van der Waals surface area (Å²) in [7, 11) is 0. The highest BCUT2D eigenvalue weighted by molar-refractivity contribution is 5.07. The molecule has 1 heterocycles. The van der Waals surface area contributed by atoms with Gasteiger partial charge in [0, 0.05) is 24.3 Å². The first-order chi connectivity index (χ1) is 6.29. The Morgan fingerprint density at radius 1 is 1.23 bits per heavy atom. The maximum atomic E-state index is 4.05. The molecular formula is C11H18N2. The van der Waals surface area contributed by atoms with Gasteiger partial charge >= 0.3 is 0 Å². The monoisotopic (exact) mass is 178 g/mol. The van der Waals surface area contributed by atoms with Gasteiger partial charge in [0.2, 0.25) is 0 Å². The molecule has 1 aromatic heterocycles. The Morgan fingerprint density at radius 2 is 1.92 bits per heavy atom. The zero-order chi connectivity index (χ0) is 10.1. The van der Waals surface area contributed by atoms with E-state index in [-0.39, 0.29) is 0 Å². The molecule has 1 aromatic rings. The molecule has 0 unspecified atom stereocenters. The summed E-state index contributed by atoms with van der Waals surface area (Å²) in [6.07, 6.45) is 5.45. The Kier molecular flexibility index (Phi) is 6.60. The molecule has 0 aromatic carbocycles. The van der Waals surface area contributed by atoms with Gasteiger partial charge in [0.25, 0.3) is 0 Å². The Morgan fingerprint density at radius 3 is 2.62 bits per heavy atom. The van der Waals surface area contributed by atoms with Crippen molar-refractivity contribution in [3.05, 3.63) is 42.0 Å². The van der Waals surface area contributed by atoms with Gasteiger partial charge in [-0.3, -0.25) is 4.98 Å². The molecule has 13 heavy (non-hydrogen) atoms. The van der Waals surface area contributed by atoms with E-state index in [0.29, 0.717) is 0 Å². The fraction of sp³-hybridized carbons (Fsp3) is 0.364. The van der Waals surface area contributed by atoms with E-state index in [1.54, 1.807) is 6.20 Å². The average molecular weight is 178 g/mol. The van der Waals surface area contributed by atoms with Crippen LogP contribution in [0.4, 0.5) is 0 Å². The zero-order valence-corrected chi connectivity index (χ0v) is 8.83. The Bertz CT molecular complexity index is 248. The molecule has 0 aliphatic carbocycles. The molecule has 0 spiro atoms. The van der Waals surface area contributed by atoms with E-state index in [2.05, 4.69) is 9.97 Å². The van der Waals surface area contributed by atoms with Gasteiger partial charge in [0.05, 0.1) is 0 Å². The van der Waals surface area contributed by atoms with Crippen LogP contribution >= 0.6 is 0 Å². The van der Waals surface area contributed by atoms with Gasteiger partial charge < -0.3 is 4.98 Å². The van der Waals surface area contributed by atoms with E-state index < -0.39 is 0 Å². The lowest BCUT2D eigenvalue weighted by Gasteiger charge is -1.85. The summed E-state index contributed by atoms with van der Waals surface area (Å²) >= 11 is 0. The number of nitrogens with one attached hydrogen (secondary N) is 1. The van der Waals surface area contributed by atoms with E-state index in [1.807, 2.05) is 52.2 Å². The van der Waals surface area contributed by atoms with Crippen LogP contribution in [0, 0.1) is 13.8 Å². The van der Waals surface area contributed by atoms with Crippen LogP contribution in [0.15, 0.2) is 30.7 Å². The van der Waals surface area contributed by atoms with E-state index in [9.17, 15) is 0 Å². The predicted octanol–water partition coefficient (Wildman–Crippen LogP) is 3.18. The van der Waals surface area contributed by atoms with Crippen molar-refractivity contribution in [3.63, 3.8) is 0 Å². The number of aryl methyl sites for hydroxylation is 2. The van der Waals surface area contributed by atoms with Gasteiger partial charge in [-0.2, -0.15) is 0 Å². The zero-order valence-electron chi connectivity index (χ0n) is 8.83. The number of aromatic nitrogens is 2. The van der Waals surface area contributed by atoms with Crippen LogP contribution in [0.2, 0.25) is 0 Å². The predicted molar refractivity (Wildman–Crippen MR) is 57.0 cm³/mol. The molecule has 0 aliphatic heterocycles. The number of H-pyrrole nitrogens is 1. The lowest BCUT2D eigenvalue weighted by molar-refractivity contribution is 1.21. The first kappa shape index (κ1) is 11.7. The highest BCUT2D eigenvalue weighted by atomic mass is 14.7. The van der Waals surface area contributed by atoms with Crippen molar-refractivity contribution in [2.75, 3.05) is 0 Å². The third kappa shape index (κ3) is 5.91. The second-order valence-electron chi connectivity index (χ2n) is 2.50. The van der Waals surface area contributed by atoms with Crippen molar-refractivity contribution in [3.8, 4) is 0 Å². The van der Waals surface area contributed by atoms with Crippen molar-refractivity contribution in [1.29, 1.82) is 0 Å². The first-order valence-electron chi connectivity index (χ1n) is 4.59. The van der Waals surface area contributed by atoms with Gasteiger partial charge in [0.1, 0.15) is 0 Å². The summed E-state index contributed by atoms with van der Waals surface area (Å²) in [5.41, 5.74) is 2.27. The van der Waals surface area contributed by atoms with Crippen molar-refractivity contribution in [1.82, 2.24) is 9.97 Å². The first-order valence-corrected chi connectivity index (χ1v) is 4.59. The van der Waals surface area contributed by atoms with Crippen molar-refractivity contribution in [2.24, 2.45) is 0 Å². The van der Waals surface area contributed by atoms with Crippen LogP contribution in [0.1, 0.15) is 25.1 Å². The van der Waals surface area contributed by atoms with Gasteiger partial charge in [-0.05, 0) is 31.5 Å². The van der Waals surface area contributed by atoms with Gasteiger partial charge in [-0.25, -0.2) is 0 Å². The third-order valence-corrected chi connectivity index (χ3v) is 1.30. The smallest absolute Gasteiger partial charge is 0.0297 e. The van der Waals surface area contributed by atoms with Crippen LogP contribution in [-0.4, -0.2) is 9.97 Å². The Hall–Kier alpha value is -1.31. The lowest BCUT2D eigenvalue weighted by Crippen LogP contribution is -1.72. The van der Waals surface area contributed by atoms with Crippen LogP contribution < -0.4 is 0 Å². The number of nitrogens with zero attached hydrogens (tertiary/aromatic N) is 1. The molecule has 72 valence electrons.